The number of carbonyl (C=O) groups excluding carboxylic acids is 2. The summed E-state index contributed by atoms with van der Waals surface area (Å²) < 4.78 is 65.8. The normalized spacial score (nSPS) is 18.8. The van der Waals surface area contributed by atoms with Crippen LogP contribution in [-0.4, -0.2) is 84.1 Å². The van der Waals surface area contributed by atoms with Crippen molar-refractivity contribution in [3.8, 4) is 0 Å². The molecule has 3 aromatic rings. The van der Waals surface area contributed by atoms with Gasteiger partial charge in [-0.05, 0) is 74.4 Å². The molecule has 0 aliphatic carbocycles. The first-order valence-corrected chi connectivity index (χ1v) is 21.9. The molecule has 2 heterocycles. The van der Waals surface area contributed by atoms with E-state index in [0.717, 1.165) is 41.6 Å². The summed E-state index contributed by atoms with van der Waals surface area (Å²) >= 11 is 0. The number of aliphatic carboxylic acids is 2. The Kier molecular flexibility index (Phi) is 17.9. The fourth-order valence-electron chi connectivity index (χ4n) is 7.58. The Labute approximate surface area is 343 Å². The maximum Gasteiger partial charge on any atom is 0.407 e. The highest BCUT2D eigenvalue weighted by molar-refractivity contribution is 7.95. The topological polar surface area (TPSA) is 151 Å². The van der Waals surface area contributed by atoms with Gasteiger partial charge in [-0.15, -0.1) is 0 Å². The van der Waals surface area contributed by atoms with Gasteiger partial charge in [0.1, 0.15) is 29.6 Å². The molecule has 320 valence electrons. The molecule has 4 atom stereocenters. The molecule has 3 aromatic carbocycles. The molecule has 2 aliphatic heterocycles. The number of ether oxygens (including phenoxy) is 2. The van der Waals surface area contributed by atoms with Crippen LogP contribution in [-0.2, 0) is 23.9 Å². The average molecular weight is 846 g/mol. The zero-order chi connectivity index (χ0) is 42.9. The van der Waals surface area contributed by atoms with Gasteiger partial charge in [0, 0.05) is 31.8 Å². The van der Waals surface area contributed by atoms with Gasteiger partial charge in [0.2, 0.25) is 0 Å². The Morgan fingerprint density at radius 3 is 1.85 bits per heavy atom. The highest BCUT2D eigenvalue weighted by Crippen LogP contribution is 2.57. The lowest BCUT2D eigenvalue weighted by molar-refractivity contribution is -0.165. The van der Waals surface area contributed by atoms with Crippen molar-refractivity contribution in [3.05, 3.63) is 103 Å². The summed E-state index contributed by atoms with van der Waals surface area (Å²) in [5.41, 5.74) is 0. The fourth-order valence-corrected chi connectivity index (χ4v) is 12.0. The Bertz CT molecular complexity index is 1720. The number of halogens is 4. The summed E-state index contributed by atoms with van der Waals surface area (Å²) in [5, 5.41) is 25.7. The van der Waals surface area contributed by atoms with Crippen LogP contribution in [0.2, 0.25) is 0 Å². The number of alkyl carbamates (subject to hydrolysis) is 1. The minimum Gasteiger partial charge on any atom is -0.481 e. The van der Waals surface area contributed by atoms with E-state index in [-0.39, 0.29) is 43.2 Å². The summed E-state index contributed by atoms with van der Waals surface area (Å²) in [4.78, 5) is 44.8. The molecule has 2 amide bonds. The van der Waals surface area contributed by atoms with E-state index in [9.17, 15) is 36.7 Å². The van der Waals surface area contributed by atoms with E-state index < -0.39 is 62.3 Å². The van der Waals surface area contributed by atoms with Gasteiger partial charge < -0.3 is 30.3 Å². The molecule has 2 bridgehead atoms. The maximum absolute atomic E-state index is 14.4. The number of alkyl halides is 4. The van der Waals surface area contributed by atoms with E-state index in [1.807, 2.05) is 97.9 Å². The summed E-state index contributed by atoms with van der Waals surface area (Å²) in [7, 11) is -2.37. The number of carboxylic acid groups (broad SMARTS) is 2. The van der Waals surface area contributed by atoms with Crippen molar-refractivity contribution in [1.29, 1.82) is 0 Å². The van der Waals surface area contributed by atoms with Crippen molar-refractivity contribution in [2.24, 2.45) is 11.8 Å². The van der Waals surface area contributed by atoms with Gasteiger partial charge in [-0.1, -0.05) is 80.1 Å². The van der Waals surface area contributed by atoms with Crippen LogP contribution in [0.1, 0.15) is 64.7 Å². The van der Waals surface area contributed by atoms with Gasteiger partial charge in [-0.2, -0.15) is 8.78 Å². The molecule has 0 spiro atoms. The number of allylic oxidation sites excluding steroid dienone is 2. The van der Waals surface area contributed by atoms with Crippen molar-refractivity contribution in [3.63, 3.8) is 0 Å². The largest absolute Gasteiger partial charge is 0.481 e. The molecule has 2 fully saturated rings. The number of nitrogens with one attached hydrogen (secondary N) is 2. The molecule has 0 unspecified atom stereocenters. The van der Waals surface area contributed by atoms with E-state index in [1.54, 1.807) is 12.2 Å². The zero-order valence-corrected chi connectivity index (χ0v) is 34.0. The van der Waals surface area contributed by atoms with Crippen LogP contribution in [0.3, 0.4) is 0 Å². The van der Waals surface area contributed by atoms with Crippen LogP contribution in [0.15, 0.2) is 103 Å². The third-order valence-corrected chi connectivity index (χ3v) is 15.0. The molecule has 0 radical (unpaired) electrons. The average Bonchev–Trinajstić information content (AvgIpc) is 3.83. The second kappa shape index (κ2) is 22.5. The lowest BCUT2D eigenvalue weighted by atomic mass is 9.77. The molecular weight excluding hydrogens is 791 g/mol. The first-order valence-electron chi connectivity index (χ1n) is 19.9. The van der Waals surface area contributed by atoms with E-state index >= 15 is 0 Å². The Morgan fingerprint density at radius 1 is 0.797 bits per heavy atom. The van der Waals surface area contributed by atoms with E-state index in [0.29, 0.717) is 19.5 Å². The summed E-state index contributed by atoms with van der Waals surface area (Å²) in [5.74, 6) is -10.7. The summed E-state index contributed by atoms with van der Waals surface area (Å²) in [6, 6.07) is 29.2. The van der Waals surface area contributed by atoms with Crippen molar-refractivity contribution >= 4 is 47.1 Å². The molecule has 2 aliphatic rings. The molecule has 0 saturated carbocycles. The highest BCUT2D eigenvalue weighted by Gasteiger charge is 2.49. The molecule has 10 nitrogen and oxygen atoms in total. The van der Waals surface area contributed by atoms with Crippen molar-refractivity contribution in [1.82, 2.24) is 10.6 Å². The minimum atomic E-state index is -3.72. The molecule has 15 heteroatoms. The number of fused-ring (bicyclic) bond motifs is 2. The number of unbranched alkanes of at least 4 members (excludes halogenated alkanes) is 1. The Morgan fingerprint density at radius 2 is 1.34 bits per heavy atom. The predicted molar refractivity (Wildman–Crippen MR) is 220 cm³/mol. The lowest BCUT2D eigenvalue weighted by Gasteiger charge is -2.29. The van der Waals surface area contributed by atoms with Gasteiger partial charge >= 0.3 is 24.0 Å². The monoisotopic (exact) mass is 845 g/mol. The molecule has 4 N–H and O–H groups in total. The first-order chi connectivity index (χ1) is 28.2. The summed E-state index contributed by atoms with van der Waals surface area (Å²) in [6.07, 6.45) is 4.87. The second-order valence-electron chi connectivity index (χ2n) is 14.8. The van der Waals surface area contributed by atoms with Gasteiger partial charge in [-0.3, -0.25) is 9.59 Å². The third kappa shape index (κ3) is 13.9. The SMILES string of the molecule is CCCCNC(=O)OCC(=O)NC[C@H]1[C@@H](C/C=C\CCC(F)(F)C(=O)O)[C@H]2CC[C@@H]1O2.O=C(O)CC(F)(F)CC[P+](c1ccccc1)(c1ccccc1)c1ccccc1. The van der Waals surface area contributed by atoms with Crippen molar-refractivity contribution in [2.45, 2.75) is 88.8 Å². The summed E-state index contributed by atoms with van der Waals surface area (Å²) in [6.45, 7) is 2.53. The minimum absolute atomic E-state index is 0.0277. The van der Waals surface area contributed by atoms with Crippen LogP contribution in [0.25, 0.3) is 0 Å². The van der Waals surface area contributed by atoms with Crippen LogP contribution in [0.4, 0.5) is 22.4 Å². The van der Waals surface area contributed by atoms with Crippen molar-refractivity contribution < 1.29 is 56.4 Å². The molecule has 5 rings (SSSR count). The Hall–Kier alpha value is -4.81. The van der Waals surface area contributed by atoms with E-state index in [4.69, 9.17) is 19.7 Å². The van der Waals surface area contributed by atoms with E-state index in [2.05, 4.69) is 10.6 Å². The number of hydrogen-bond acceptors (Lipinski definition) is 6. The number of benzene rings is 3. The van der Waals surface area contributed by atoms with Crippen LogP contribution in [0.5, 0.6) is 0 Å². The molecule has 59 heavy (non-hydrogen) atoms. The van der Waals surface area contributed by atoms with Gasteiger partial charge in [0.15, 0.2) is 6.61 Å². The van der Waals surface area contributed by atoms with Gasteiger partial charge in [0.25, 0.3) is 11.8 Å². The highest BCUT2D eigenvalue weighted by atomic mass is 31.2. The van der Waals surface area contributed by atoms with Crippen LogP contribution >= 0.6 is 7.26 Å². The van der Waals surface area contributed by atoms with Crippen molar-refractivity contribution in [2.75, 3.05) is 25.9 Å². The number of carbonyl (C=O) groups is 4. The lowest BCUT2D eigenvalue weighted by Crippen LogP contribution is -2.40. The number of rotatable bonds is 21. The van der Waals surface area contributed by atoms with E-state index in [1.165, 1.54) is 0 Å². The fraction of sp³-hybridized carbons (Fsp3) is 0.455. The Balaban J connectivity index is 0.000000262. The molecular formula is C44H54F4N2O8P+. The number of amides is 2. The molecule has 2 saturated heterocycles. The zero-order valence-electron chi connectivity index (χ0n) is 33.1. The third-order valence-electron chi connectivity index (χ3n) is 10.6. The van der Waals surface area contributed by atoms with Crippen LogP contribution < -0.4 is 26.5 Å². The van der Waals surface area contributed by atoms with Gasteiger partial charge in [0.05, 0.1) is 18.4 Å². The second-order valence-corrected chi connectivity index (χ2v) is 18.4. The predicted octanol–water partition coefficient (Wildman–Crippen LogP) is 7.35. The molecule has 0 aromatic heterocycles. The number of carboxylic acids is 2. The first kappa shape index (κ1) is 46.9. The smallest absolute Gasteiger partial charge is 0.407 e. The maximum atomic E-state index is 14.4. The standard InChI is InChI=1S/C23H21F2O2P.C21H32F2N2O6/c24-23(25,18-22(26)27)16-17-28(19-10-4-1-5-11-19,20-12-6-2-7-13-20)21-14-8-3-9-15-21;1-2-3-11-24-20(29)30-13-18(26)25-12-15-14(16-8-9-17(15)31-16)7-5-4-6-10-21(22,23)19(27)28/h1-15H,16-18H2;4-5,14-17H,2-3,6-13H2,1H3,(H,24,29)(H,25,26)(H,27,28)/p+1/b;5-4-/t;14-,15+,16-,17+/m.1/s1. The quantitative estimate of drug-likeness (QED) is 0.0376. The number of hydrogen-bond donors (Lipinski definition) is 4. The van der Waals surface area contributed by atoms with Gasteiger partial charge in [-0.25, -0.2) is 18.4 Å². The van der Waals surface area contributed by atoms with Crippen LogP contribution in [0, 0.1) is 11.8 Å².